The number of sulfone groups is 1. The molecule has 1 aliphatic carbocycles. The van der Waals surface area contributed by atoms with Gasteiger partial charge in [0.2, 0.25) is 5.91 Å². The summed E-state index contributed by atoms with van der Waals surface area (Å²) in [6.45, 7) is -1.40. The van der Waals surface area contributed by atoms with Crippen molar-refractivity contribution in [2.24, 2.45) is 0 Å². The van der Waals surface area contributed by atoms with Crippen molar-refractivity contribution in [2.75, 3.05) is 31.0 Å². The van der Waals surface area contributed by atoms with E-state index in [0.717, 1.165) is 17.4 Å². The number of alkyl halides is 3. The van der Waals surface area contributed by atoms with Crippen molar-refractivity contribution >= 4 is 27.5 Å². The van der Waals surface area contributed by atoms with Crippen LogP contribution in [-0.2, 0) is 33.0 Å². The van der Waals surface area contributed by atoms with Crippen molar-refractivity contribution in [1.82, 2.24) is 15.1 Å². The van der Waals surface area contributed by atoms with E-state index in [1.165, 1.54) is 17.9 Å². The van der Waals surface area contributed by atoms with Crippen LogP contribution in [0, 0.1) is 0 Å². The van der Waals surface area contributed by atoms with Crippen molar-refractivity contribution in [1.29, 1.82) is 0 Å². The Morgan fingerprint density at radius 1 is 1.15 bits per heavy atom. The zero-order valence-electron chi connectivity index (χ0n) is 22.2. The number of aromatic nitrogens is 2. The molecular weight excluding hydrogens is 565 g/mol. The molecule has 1 spiro atoms. The van der Waals surface area contributed by atoms with E-state index in [2.05, 4.69) is 15.7 Å². The monoisotopic (exact) mass is 592 g/mol. The van der Waals surface area contributed by atoms with Crippen LogP contribution in [0.5, 0.6) is 11.5 Å². The van der Waals surface area contributed by atoms with Gasteiger partial charge in [0.1, 0.15) is 28.6 Å². The van der Waals surface area contributed by atoms with Crippen LogP contribution < -0.4 is 20.1 Å². The Hall–Kier alpha value is -4.07. The fraction of sp³-hybridized carbons (Fsp3) is 0.370. The summed E-state index contributed by atoms with van der Waals surface area (Å²) in [6, 6.07) is 11.5. The molecule has 218 valence electrons. The van der Waals surface area contributed by atoms with Crippen LogP contribution in [0.4, 0.5) is 19.0 Å². The van der Waals surface area contributed by atoms with Crippen LogP contribution in [0.1, 0.15) is 40.0 Å². The minimum Gasteiger partial charge on any atom is -0.497 e. The summed E-state index contributed by atoms with van der Waals surface area (Å²) < 4.78 is 72.9. The molecule has 2 N–H and O–H groups in total. The Morgan fingerprint density at radius 2 is 1.90 bits per heavy atom. The summed E-state index contributed by atoms with van der Waals surface area (Å²) in [4.78, 5) is 26.5. The lowest BCUT2D eigenvalue weighted by molar-refractivity contribution is -0.153. The molecule has 10 nitrogen and oxygen atoms in total. The van der Waals surface area contributed by atoms with Crippen molar-refractivity contribution in [3.8, 4) is 17.2 Å². The second-order valence-corrected chi connectivity index (χ2v) is 12.3. The molecule has 5 rings (SSSR count). The Kier molecular flexibility index (Phi) is 7.22. The van der Waals surface area contributed by atoms with Gasteiger partial charge in [-0.15, -0.1) is 0 Å². The van der Waals surface area contributed by atoms with Gasteiger partial charge in [0.25, 0.3) is 5.91 Å². The summed E-state index contributed by atoms with van der Waals surface area (Å²) in [5.41, 5.74) is 1.72. The Balaban J connectivity index is 1.50. The second kappa shape index (κ2) is 10.4. The first-order valence-electron chi connectivity index (χ1n) is 12.7. The Bertz CT molecular complexity index is 1640. The zero-order valence-corrected chi connectivity index (χ0v) is 23.0. The number of hydrogen-bond donors (Lipinski definition) is 2. The van der Waals surface area contributed by atoms with Gasteiger partial charge < -0.3 is 20.1 Å². The third kappa shape index (κ3) is 6.01. The average molecular weight is 593 g/mol. The van der Waals surface area contributed by atoms with E-state index in [-0.39, 0.29) is 17.1 Å². The predicted molar refractivity (Wildman–Crippen MR) is 142 cm³/mol. The van der Waals surface area contributed by atoms with Crippen LogP contribution in [0.2, 0.25) is 0 Å². The highest BCUT2D eigenvalue weighted by atomic mass is 32.2. The SMILES string of the molecule is COc1cccc(-n2nc3c(c2NC(=O)CS(C)(=O)=O)C(=O)N[C@@]2(CCc4cc(OCC(F)(F)F)ccc42)CC3)c1. The van der Waals surface area contributed by atoms with Gasteiger partial charge in [0.15, 0.2) is 16.4 Å². The normalized spacial score (nSPS) is 18.3. The molecule has 1 aliphatic heterocycles. The maximum absolute atomic E-state index is 13.8. The molecule has 2 heterocycles. The summed E-state index contributed by atoms with van der Waals surface area (Å²) in [5.74, 6) is -1.53. The first kappa shape index (κ1) is 28.5. The number of carbonyl (C=O) groups is 2. The number of aryl methyl sites for hydroxylation is 2. The van der Waals surface area contributed by atoms with Gasteiger partial charge in [-0.3, -0.25) is 9.59 Å². The molecule has 0 saturated heterocycles. The Morgan fingerprint density at radius 3 is 2.61 bits per heavy atom. The van der Waals surface area contributed by atoms with Gasteiger partial charge in [-0.2, -0.15) is 18.3 Å². The molecule has 2 aliphatic rings. The number of fused-ring (bicyclic) bond motifs is 3. The van der Waals surface area contributed by atoms with Crippen LogP contribution in [0.25, 0.3) is 5.69 Å². The third-order valence-electron chi connectivity index (χ3n) is 7.09. The van der Waals surface area contributed by atoms with E-state index in [0.29, 0.717) is 42.8 Å². The van der Waals surface area contributed by atoms with Gasteiger partial charge in [-0.25, -0.2) is 13.1 Å². The van der Waals surface area contributed by atoms with Crippen molar-refractivity contribution < 1.29 is 40.7 Å². The fourth-order valence-corrected chi connectivity index (χ4v) is 5.92. The summed E-state index contributed by atoms with van der Waals surface area (Å²) >= 11 is 0. The molecule has 3 aromatic rings. The van der Waals surface area contributed by atoms with Gasteiger partial charge in [0.05, 0.1) is 24.0 Å². The first-order chi connectivity index (χ1) is 19.3. The lowest BCUT2D eigenvalue weighted by atomic mass is 9.87. The van der Waals surface area contributed by atoms with Crippen LogP contribution >= 0.6 is 0 Å². The van der Waals surface area contributed by atoms with E-state index in [9.17, 15) is 31.2 Å². The molecule has 2 amide bonds. The third-order valence-corrected chi connectivity index (χ3v) is 7.88. The summed E-state index contributed by atoms with van der Waals surface area (Å²) in [6.07, 6.45) is -1.75. The van der Waals surface area contributed by atoms with Crippen LogP contribution in [0.15, 0.2) is 42.5 Å². The molecule has 41 heavy (non-hydrogen) atoms. The summed E-state index contributed by atoms with van der Waals surface area (Å²) in [5, 5.41) is 10.3. The number of ether oxygens (including phenoxy) is 2. The van der Waals surface area contributed by atoms with Gasteiger partial charge in [-0.1, -0.05) is 12.1 Å². The highest BCUT2D eigenvalue weighted by molar-refractivity contribution is 7.91. The number of anilines is 1. The lowest BCUT2D eigenvalue weighted by Gasteiger charge is -2.30. The van der Waals surface area contributed by atoms with Crippen molar-refractivity contribution in [2.45, 2.75) is 37.4 Å². The van der Waals surface area contributed by atoms with Gasteiger partial charge in [0, 0.05) is 12.3 Å². The number of hydrogen-bond acceptors (Lipinski definition) is 7. The standard InChI is InChI=1S/C27H27F3N4O6S/c1-39-18-5-3-4-17(13-18)34-24(31-22(35)14-41(2,37)38)23-21(33-34)9-11-26(32-25(23)36)10-8-16-12-19(6-7-20(16)26)40-15-27(28,29)30/h3-7,12-13H,8-11,14-15H2,1-2H3,(H,31,35)(H,32,36)/t26-/m0/s1. The maximum Gasteiger partial charge on any atom is 0.422 e. The molecule has 1 aromatic heterocycles. The van der Waals surface area contributed by atoms with E-state index in [1.54, 1.807) is 36.4 Å². The second-order valence-electron chi connectivity index (χ2n) is 10.2. The van der Waals surface area contributed by atoms with Crippen LogP contribution in [0.3, 0.4) is 0 Å². The molecule has 1 atom stereocenters. The molecular formula is C27H27F3N4O6S. The summed E-state index contributed by atoms with van der Waals surface area (Å²) in [7, 11) is -2.17. The first-order valence-corrected chi connectivity index (χ1v) is 14.7. The number of carbonyl (C=O) groups excluding carboxylic acids is 2. The lowest BCUT2D eigenvalue weighted by Crippen LogP contribution is -2.43. The Labute approximate surface area is 233 Å². The van der Waals surface area contributed by atoms with Gasteiger partial charge in [-0.05, 0) is 61.1 Å². The van der Waals surface area contributed by atoms with E-state index >= 15 is 0 Å². The molecule has 0 fully saturated rings. The van der Waals surface area contributed by atoms with Crippen molar-refractivity contribution in [3.63, 3.8) is 0 Å². The van der Waals surface area contributed by atoms with E-state index in [4.69, 9.17) is 9.47 Å². The number of rotatable bonds is 7. The molecule has 2 aromatic carbocycles. The van der Waals surface area contributed by atoms with E-state index in [1.807, 2.05) is 0 Å². The topological polar surface area (TPSA) is 129 Å². The maximum atomic E-state index is 13.8. The minimum absolute atomic E-state index is 0.0190. The molecule has 0 bridgehead atoms. The van der Waals surface area contributed by atoms with E-state index < -0.39 is 45.7 Å². The van der Waals surface area contributed by atoms with Crippen LogP contribution in [-0.4, -0.2) is 61.9 Å². The average Bonchev–Trinajstić information content (AvgIpc) is 3.38. The van der Waals surface area contributed by atoms with Crippen molar-refractivity contribution in [3.05, 3.63) is 64.8 Å². The quantitative estimate of drug-likeness (QED) is 0.431. The highest BCUT2D eigenvalue weighted by Crippen LogP contribution is 2.44. The van der Waals surface area contributed by atoms with Gasteiger partial charge >= 0.3 is 6.18 Å². The number of methoxy groups -OCH3 is 1. The molecule has 0 radical (unpaired) electrons. The highest BCUT2D eigenvalue weighted by Gasteiger charge is 2.44. The number of nitrogens with one attached hydrogen (secondary N) is 2. The minimum atomic E-state index is -4.46. The number of amides is 2. The fourth-order valence-electron chi connectivity index (χ4n) is 5.37. The molecule has 0 unspecified atom stereocenters. The zero-order chi connectivity index (χ0) is 29.6. The smallest absolute Gasteiger partial charge is 0.422 e. The number of halogens is 3. The largest absolute Gasteiger partial charge is 0.497 e. The number of nitrogens with zero attached hydrogens (tertiary/aromatic N) is 2. The number of benzene rings is 2. The molecule has 14 heteroatoms. The predicted octanol–water partition coefficient (Wildman–Crippen LogP) is 3.32. The molecule has 0 saturated carbocycles.